The maximum atomic E-state index is 13.1. The zero-order chi connectivity index (χ0) is 21.8. The number of anilines is 1. The summed E-state index contributed by atoms with van der Waals surface area (Å²) in [7, 11) is 0. The lowest BCUT2D eigenvalue weighted by Crippen LogP contribution is -2.45. The molecule has 0 aromatic heterocycles. The average Bonchev–Trinajstić information content (AvgIpc) is 3.42. The summed E-state index contributed by atoms with van der Waals surface area (Å²) in [6.45, 7) is 4.57. The average molecular weight is 426 g/mol. The highest BCUT2D eigenvalue weighted by Crippen LogP contribution is 2.31. The van der Waals surface area contributed by atoms with E-state index in [0.717, 1.165) is 44.3 Å². The van der Waals surface area contributed by atoms with E-state index >= 15 is 0 Å². The van der Waals surface area contributed by atoms with Crippen molar-refractivity contribution in [1.82, 2.24) is 10.2 Å². The van der Waals surface area contributed by atoms with Gasteiger partial charge in [0.25, 0.3) is 0 Å². The second-order valence-corrected chi connectivity index (χ2v) is 9.31. The zero-order valence-electron chi connectivity index (χ0n) is 18.7. The number of nitrogens with zero attached hydrogens (tertiary/aromatic N) is 2. The standard InChI is InChI=1S/C25H35N3O3/c1-2-3-4-12-26-24(30)19-10-13-27(14-11-19)25(31)21-16-23(29)28(17-21)22-9-8-18-6-5-7-20(18)15-22/h8-9,15,19,21H,2-7,10-14,16-17H2,1H3,(H,26,30). The minimum absolute atomic E-state index is 0.00111. The molecule has 1 N–H and O–H groups in total. The van der Waals surface area contributed by atoms with E-state index < -0.39 is 0 Å². The number of amides is 3. The minimum Gasteiger partial charge on any atom is -0.356 e. The van der Waals surface area contributed by atoms with Crippen molar-refractivity contribution in [3.05, 3.63) is 29.3 Å². The molecule has 1 aromatic carbocycles. The molecular weight excluding hydrogens is 390 g/mol. The van der Waals surface area contributed by atoms with Crippen molar-refractivity contribution in [2.45, 2.75) is 64.7 Å². The number of piperidine rings is 1. The molecule has 31 heavy (non-hydrogen) atoms. The number of unbranched alkanes of at least 4 members (excludes halogenated alkanes) is 2. The number of aryl methyl sites for hydroxylation is 2. The van der Waals surface area contributed by atoms with E-state index in [4.69, 9.17) is 0 Å². The molecule has 1 unspecified atom stereocenters. The van der Waals surface area contributed by atoms with Gasteiger partial charge in [-0.05, 0) is 61.8 Å². The van der Waals surface area contributed by atoms with Crippen molar-refractivity contribution in [1.29, 1.82) is 0 Å². The van der Waals surface area contributed by atoms with Crippen LogP contribution in [0, 0.1) is 11.8 Å². The Kier molecular flexibility index (Phi) is 6.93. The van der Waals surface area contributed by atoms with Crippen molar-refractivity contribution in [2.75, 3.05) is 31.1 Å². The normalized spacial score (nSPS) is 21.5. The predicted molar refractivity (Wildman–Crippen MR) is 121 cm³/mol. The van der Waals surface area contributed by atoms with Crippen LogP contribution < -0.4 is 10.2 Å². The highest BCUT2D eigenvalue weighted by molar-refractivity contribution is 6.00. The number of fused-ring (bicyclic) bond motifs is 1. The first-order valence-electron chi connectivity index (χ1n) is 12.1. The van der Waals surface area contributed by atoms with Gasteiger partial charge >= 0.3 is 0 Å². The molecule has 2 aliphatic heterocycles. The molecule has 3 aliphatic rings. The van der Waals surface area contributed by atoms with Crippen LogP contribution in [0.4, 0.5) is 5.69 Å². The molecule has 2 heterocycles. The van der Waals surface area contributed by atoms with Crippen molar-refractivity contribution in [2.24, 2.45) is 11.8 Å². The topological polar surface area (TPSA) is 69.7 Å². The Morgan fingerprint density at radius 2 is 1.84 bits per heavy atom. The summed E-state index contributed by atoms with van der Waals surface area (Å²) in [6, 6.07) is 6.30. The fourth-order valence-electron chi connectivity index (χ4n) is 5.20. The van der Waals surface area contributed by atoms with Crippen LogP contribution >= 0.6 is 0 Å². The molecule has 6 nitrogen and oxygen atoms in total. The van der Waals surface area contributed by atoms with Gasteiger partial charge in [0.05, 0.1) is 5.92 Å². The van der Waals surface area contributed by atoms with Crippen LogP contribution in [-0.2, 0) is 27.2 Å². The first kappa shape index (κ1) is 21.8. The van der Waals surface area contributed by atoms with Gasteiger partial charge in [0, 0.05) is 44.2 Å². The SMILES string of the molecule is CCCCCNC(=O)C1CCN(C(=O)C2CC(=O)N(c3ccc4c(c3)CCC4)C2)CC1. The Balaban J connectivity index is 1.28. The quantitative estimate of drug-likeness (QED) is 0.683. The van der Waals surface area contributed by atoms with Crippen LogP contribution in [0.5, 0.6) is 0 Å². The van der Waals surface area contributed by atoms with Gasteiger partial charge in [0.2, 0.25) is 17.7 Å². The molecule has 0 spiro atoms. The van der Waals surface area contributed by atoms with E-state index in [1.807, 2.05) is 11.0 Å². The maximum Gasteiger partial charge on any atom is 0.228 e. The monoisotopic (exact) mass is 425 g/mol. The molecule has 2 fully saturated rings. The molecule has 6 heteroatoms. The molecule has 2 saturated heterocycles. The largest absolute Gasteiger partial charge is 0.356 e. The van der Waals surface area contributed by atoms with E-state index in [1.54, 1.807) is 4.90 Å². The number of benzene rings is 1. The molecule has 4 rings (SSSR count). The smallest absolute Gasteiger partial charge is 0.228 e. The van der Waals surface area contributed by atoms with Crippen LogP contribution in [0.3, 0.4) is 0 Å². The third kappa shape index (κ3) is 4.94. The van der Waals surface area contributed by atoms with Crippen LogP contribution in [0.15, 0.2) is 18.2 Å². The molecule has 0 bridgehead atoms. The van der Waals surface area contributed by atoms with Crippen molar-refractivity contribution >= 4 is 23.4 Å². The van der Waals surface area contributed by atoms with Gasteiger partial charge in [-0.3, -0.25) is 14.4 Å². The van der Waals surface area contributed by atoms with E-state index in [1.165, 1.54) is 17.5 Å². The lowest BCUT2D eigenvalue weighted by molar-refractivity contribution is -0.139. The lowest BCUT2D eigenvalue weighted by atomic mass is 9.94. The highest BCUT2D eigenvalue weighted by Gasteiger charge is 2.38. The van der Waals surface area contributed by atoms with Crippen LogP contribution in [0.2, 0.25) is 0 Å². The summed E-state index contributed by atoms with van der Waals surface area (Å²) >= 11 is 0. The van der Waals surface area contributed by atoms with E-state index in [9.17, 15) is 14.4 Å². The zero-order valence-corrected chi connectivity index (χ0v) is 18.7. The molecule has 3 amide bonds. The third-order valence-electron chi connectivity index (χ3n) is 7.13. The van der Waals surface area contributed by atoms with Crippen LogP contribution in [-0.4, -0.2) is 48.8 Å². The summed E-state index contributed by atoms with van der Waals surface area (Å²) < 4.78 is 0. The summed E-state index contributed by atoms with van der Waals surface area (Å²) in [5.74, 6) is -0.0440. The molecule has 1 atom stereocenters. The third-order valence-corrected chi connectivity index (χ3v) is 7.13. The second-order valence-electron chi connectivity index (χ2n) is 9.31. The van der Waals surface area contributed by atoms with Gasteiger partial charge in [-0.15, -0.1) is 0 Å². The number of nitrogens with one attached hydrogen (secondary N) is 1. The predicted octanol–water partition coefficient (Wildman–Crippen LogP) is 3.07. The van der Waals surface area contributed by atoms with Gasteiger partial charge in [-0.25, -0.2) is 0 Å². The van der Waals surface area contributed by atoms with Gasteiger partial charge in [-0.1, -0.05) is 25.8 Å². The number of rotatable bonds is 7. The van der Waals surface area contributed by atoms with Crippen LogP contribution in [0.25, 0.3) is 0 Å². The maximum absolute atomic E-state index is 13.1. The van der Waals surface area contributed by atoms with Crippen LogP contribution in [0.1, 0.15) is 63.0 Å². The molecule has 168 valence electrons. The van der Waals surface area contributed by atoms with Gasteiger partial charge < -0.3 is 15.1 Å². The summed E-state index contributed by atoms with van der Waals surface area (Å²) in [4.78, 5) is 41.7. The van der Waals surface area contributed by atoms with Gasteiger partial charge in [0.15, 0.2) is 0 Å². The van der Waals surface area contributed by atoms with Crippen molar-refractivity contribution in [3.63, 3.8) is 0 Å². The Hall–Kier alpha value is -2.37. The molecular formula is C25H35N3O3. The van der Waals surface area contributed by atoms with Crippen molar-refractivity contribution < 1.29 is 14.4 Å². The summed E-state index contributed by atoms with van der Waals surface area (Å²) in [5, 5.41) is 3.04. The number of carbonyl (C=O) groups is 3. The first-order chi connectivity index (χ1) is 15.1. The number of carbonyl (C=O) groups excluding carboxylic acids is 3. The summed E-state index contributed by atoms with van der Waals surface area (Å²) in [5.41, 5.74) is 3.66. The summed E-state index contributed by atoms with van der Waals surface area (Å²) in [6.07, 6.45) is 8.39. The lowest BCUT2D eigenvalue weighted by Gasteiger charge is -2.33. The van der Waals surface area contributed by atoms with Crippen molar-refractivity contribution in [3.8, 4) is 0 Å². The first-order valence-corrected chi connectivity index (χ1v) is 12.1. The second kappa shape index (κ2) is 9.84. The minimum atomic E-state index is -0.278. The van der Waals surface area contributed by atoms with E-state index in [-0.39, 0.29) is 36.0 Å². The Labute approximate surface area is 185 Å². The molecule has 0 radical (unpaired) electrons. The fourth-order valence-corrected chi connectivity index (χ4v) is 5.20. The number of hydrogen-bond donors (Lipinski definition) is 1. The highest BCUT2D eigenvalue weighted by atomic mass is 16.2. The van der Waals surface area contributed by atoms with E-state index in [2.05, 4.69) is 24.4 Å². The fraction of sp³-hybridized carbons (Fsp3) is 0.640. The van der Waals surface area contributed by atoms with E-state index in [0.29, 0.717) is 32.5 Å². The Morgan fingerprint density at radius 1 is 1.06 bits per heavy atom. The van der Waals surface area contributed by atoms with Gasteiger partial charge in [-0.2, -0.15) is 0 Å². The Bertz CT molecular complexity index is 829. The molecule has 1 aliphatic carbocycles. The number of likely N-dealkylation sites (tertiary alicyclic amines) is 1. The van der Waals surface area contributed by atoms with Gasteiger partial charge in [0.1, 0.15) is 0 Å². The Morgan fingerprint density at radius 3 is 2.61 bits per heavy atom. The molecule has 1 aromatic rings. The number of hydrogen-bond acceptors (Lipinski definition) is 3. The molecule has 0 saturated carbocycles.